The van der Waals surface area contributed by atoms with Gasteiger partial charge < -0.3 is 14.8 Å². The predicted octanol–water partition coefficient (Wildman–Crippen LogP) is 4.73. The van der Waals surface area contributed by atoms with Crippen LogP contribution in [0.5, 0.6) is 11.5 Å². The number of hydrogen-bond donors (Lipinski definition) is 1. The molecule has 0 amide bonds. The molecule has 1 N–H and O–H groups in total. The zero-order valence-corrected chi connectivity index (χ0v) is 14.9. The topological polar surface area (TPSA) is 30.5 Å². The van der Waals surface area contributed by atoms with Gasteiger partial charge in [0.2, 0.25) is 0 Å². The van der Waals surface area contributed by atoms with Crippen molar-refractivity contribution in [2.45, 2.75) is 19.9 Å². The van der Waals surface area contributed by atoms with E-state index in [1.165, 1.54) is 5.56 Å². The number of halogens is 2. The first-order valence-electron chi connectivity index (χ1n) is 7.58. The van der Waals surface area contributed by atoms with E-state index in [4.69, 9.17) is 32.7 Å². The minimum atomic E-state index is 0.575. The maximum Gasteiger partial charge on any atom is 0.162 e. The summed E-state index contributed by atoms with van der Waals surface area (Å²) in [6.07, 6.45) is 0.933. The Morgan fingerprint density at radius 3 is 2.43 bits per heavy atom. The van der Waals surface area contributed by atoms with Crippen LogP contribution in [0.15, 0.2) is 36.4 Å². The molecule has 2 aromatic rings. The molecule has 0 spiro atoms. The molecule has 0 saturated heterocycles. The summed E-state index contributed by atoms with van der Waals surface area (Å²) in [5.74, 6) is 1.37. The van der Waals surface area contributed by atoms with Crippen LogP contribution >= 0.6 is 23.2 Å². The van der Waals surface area contributed by atoms with E-state index in [1.807, 2.05) is 37.3 Å². The van der Waals surface area contributed by atoms with Gasteiger partial charge in [0.15, 0.2) is 11.5 Å². The van der Waals surface area contributed by atoms with Gasteiger partial charge in [0.25, 0.3) is 0 Å². The van der Waals surface area contributed by atoms with Gasteiger partial charge in [0.05, 0.1) is 13.7 Å². The summed E-state index contributed by atoms with van der Waals surface area (Å²) in [7, 11) is 1.63. The Morgan fingerprint density at radius 2 is 1.78 bits per heavy atom. The van der Waals surface area contributed by atoms with Crippen LogP contribution in [-0.2, 0) is 13.0 Å². The molecule has 0 atom stereocenters. The van der Waals surface area contributed by atoms with E-state index < -0.39 is 0 Å². The average molecular weight is 354 g/mol. The smallest absolute Gasteiger partial charge is 0.162 e. The van der Waals surface area contributed by atoms with Gasteiger partial charge in [-0.25, -0.2) is 0 Å². The molecule has 0 bridgehead atoms. The maximum absolute atomic E-state index is 6.32. The highest BCUT2D eigenvalue weighted by atomic mass is 35.5. The summed E-state index contributed by atoms with van der Waals surface area (Å²) in [4.78, 5) is 0. The SMILES string of the molecule is CCOc1cc(Cl)c(CNCCc2ccc(Cl)cc2)cc1OC. The van der Waals surface area contributed by atoms with Gasteiger partial charge in [0, 0.05) is 22.7 Å². The number of ether oxygens (including phenoxy) is 2. The van der Waals surface area contributed by atoms with Crippen LogP contribution in [0.3, 0.4) is 0 Å². The lowest BCUT2D eigenvalue weighted by molar-refractivity contribution is 0.310. The van der Waals surface area contributed by atoms with Crippen LogP contribution in [0, 0.1) is 0 Å². The second kappa shape index (κ2) is 9.02. The van der Waals surface area contributed by atoms with Crippen LogP contribution in [-0.4, -0.2) is 20.3 Å². The standard InChI is InChI=1S/C18H21Cl2NO2/c1-3-23-18-11-16(20)14(10-17(18)22-2)12-21-9-8-13-4-6-15(19)7-5-13/h4-7,10-11,21H,3,8-9,12H2,1-2H3. The first-order chi connectivity index (χ1) is 11.1. The second-order valence-electron chi connectivity index (χ2n) is 5.08. The number of benzene rings is 2. The molecule has 3 nitrogen and oxygen atoms in total. The van der Waals surface area contributed by atoms with Gasteiger partial charge >= 0.3 is 0 Å². The fourth-order valence-corrected chi connectivity index (χ4v) is 2.59. The number of rotatable bonds is 8. The lowest BCUT2D eigenvalue weighted by Gasteiger charge is -2.13. The van der Waals surface area contributed by atoms with Crippen LogP contribution in [0.25, 0.3) is 0 Å². The molecule has 0 aliphatic carbocycles. The number of hydrogen-bond acceptors (Lipinski definition) is 3. The van der Waals surface area contributed by atoms with E-state index in [9.17, 15) is 0 Å². The van der Waals surface area contributed by atoms with Crippen molar-refractivity contribution in [3.8, 4) is 11.5 Å². The third-order valence-electron chi connectivity index (χ3n) is 3.45. The third-order valence-corrected chi connectivity index (χ3v) is 4.06. The molecule has 5 heteroatoms. The maximum atomic E-state index is 6.32. The van der Waals surface area contributed by atoms with Crippen molar-refractivity contribution in [1.29, 1.82) is 0 Å². The summed E-state index contributed by atoms with van der Waals surface area (Å²) >= 11 is 12.2. The van der Waals surface area contributed by atoms with Crippen molar-refractivity contribution >= 4 is 23.2 Å². The second-order valence-corrected chi connectivity index (χ2v) is 5.92. The molecule has 0 heterocycles. The molecule has 0 saturated carbocycles. The molecule has 2 rings (SSSR count). The predicted molar refractivity (Wildman–Crippen MR) is 96.0 cm³/mol. The molecule has 0 unspecified atom stereocenters. The van der Waals surface area contributed by atoms with E-state index >= 15 is 0 Å². The van der Waals surface area contributed by atoms with Gasteiger partial charge in [-0.15, -0.1) is 0 Å². The fraction of sp³-hybridized carbons (Fsp3) is 0.333. The van der Waals surface area contributed by atoms with Gasteiger partial charge in [-0.05, 0) is 49.2 Å². The van der Waals surface area contributed by atoms with Crippen molar-refractivity contribution in [2.24, 2.45) is 0 Å². The molecule has 124 valence electrons. The van der Waals surface area contributed by atoms with Crippen molar-refractivity contribution in [3.63, 3.8) is 0 Å². The highest BCUT2D eigenvalue weighted by Gasteiger charge is 2.10. The summed E-state index contributed by atoms with van der Waals surface area (Å²) in [6, 6.07) is 11.6. The molecular formula is C18H21Cl2NO2. The molecule has 0 aliphatic rings. The van der Waals surface area contributed by atoms with E-state index in [-0.39, 0.29) is 0 Å². The molecule has 0 aliphatic heterocycles. The molecule has 0 radical (unpaired) electrons. The summed E-state index contributed by atoms with van der Waals surface area (Å²) in [5.41, 5.74) is 2.24. The quantitative estimate of drug-likeness (QED) is 0.695. The lowest BCUT2D eigenvalue weighted by atomic mass is 10.1. The highest BCUT2D eigenvalue weighted by molar-refractivity contribution is 6.31. The Kier molecular flexibility index (Phi) is 7.03. The minimum Gasteiger partial charge on any atom is -0.493 e. The zero-order valence-electron chi connectivity index (χ0n) is 13.4. The molecule has 0 aromatic heterocycles. The third kappa shape index (κ3) is 5.31. The van der Waals surface area contributed by atoms with Gasteiger partial charge in [-0.3, -0.25) is 0 Å². The van der Waals surface area contributed by atoms with Crippen molar-refractivity contribution in [1.82, 2.24) is 5.32 Å². The monoisotopic (exact) mass is 353 g/mol. The Labute approximate surface area is 147 Å². The Morgan fingerprint density at radius 1 is 1.04 bits per heavy atom. The summed E-state index contributed by atoms with van der Waals surface area (Å²) < 4.78 is 10.9. The Balaban J connectivity index is 1.91. The van der Waals surface area contributed by atoms with E-state index in [1.54, 1.807) is 13.2 Å². The van der Waals surface area contributed by atoms with E-state index in [0.29, 0.717) is 29.7 Å². The number of nitrogens with one attached hydrogen (secondary N) is 1. The minimum absolute atomic E-state index is 0.575. The van der Waals surface area contributed by atoms with Crippen LogP contribution in [0.1, 0.15) is 18.1 Å². The Hall–Kier alpha value is -1.42. The Bertz CT molecular complexity index is 630. The molecule has 23 heavy (non-hydrogen) atoms. The lowest BCUT2D eigenvalue weighted by Crippen LogP contribution is -2.17. The van der Waals surface area contributed by atoms with Crippen molar-refractivity contribution < 1.29 is 9.47 Å². The van der Waals surface area contributed by atoms with Crippen LogP contribution in [0.2, 0.25) is 10.0 Å². The molecular weight excluding hydrogens is 333 g/mol. The zero-order chi connectivity index (χ0) is 16.7. The first-order valence-corrected chi connectivity index (χ1v) is 8.34. The fourth-order valence-electron chi connectivity index (χ4n) is 2.25. The van der Waals surface area contributed by atoms with Crippen LogP contribution in [0.4, 0.5) is 0 Å². The van der Waals surface area contributed by atoms with E-state index in [0.717, 1.165) is 23.6 Å². The number of methoxy groups -OCH3 is 1. The van der Waals surface area contributed by atoms with Gasteiger partial charge in [-0.1, -0.05) is 35.3 Å². The highest BCUT2D eigenvalue weighted by Crippen LogP contribution is 2.33. The van der Waals surface area contributed by atoms with Crippen molar-refractivity contribution in [3.05, 3.63) is 57.6 Å². The van der Waals surface area contributed by atoms with E-state index in [2.05, 4.69) is 5.32 Å². The largest absolute Gasteiger partial charge is 0.493 e. The van der Waals surface area contributed by atoms with Crippen molar-refractivity contribution in [2.75, 3.05) is 20.3 Å². The van der Waals surface area contributed by atoms with Gasteiger partial charge in [0.1, 0.15) is 0 Å². The van der Waals surface area contributed by atoms with Crippen LogP contribution < -0.4 is 14.8 Å². The average Bonchev–Trinajstić information content (AvgIpc) is 2.55. The molecule has 2 aromatic carbocycles. The van der Waals surface area contributed by atoms with Gasteiger partial charge in [-0.2, -0.15) is 0 Å². The first kappa shape index (κ1) is 17.9. The summed E-state index contributed by atoms with van der Waals surface area (Å²) in [5, 5.41) is 4.83. The molecule has 0 fully saturated rings. The normalized spacial score (nSPS) is 10.6. The summed E-state index contributed by atoms with van der Waals surface area (Å²) in [6.45, 7) is 4.04.